The number of ether oxygens (including phenoxy) is 1. The third-order valence-corrected chi connectivity index (χ3v) is 4.10. The van der Waals surface area contributed by atoms with E-state index in [1.807, 2.05) is 24.1 Å². The molecule has 0 atom stereocenters. The van der Waals surface area contributed by atoms with Gasteiger partial charge in [-0.15, -0.1) is 0 Å². The number of benzene rings is 1. The Balaban J connectivity index is 2.34. The van der Waals surface area contributed by atoms with Gasteiger partial charge >= 0.3 is 0 Å². The molecule has 2 aromatic rings. The zero-order valence-electron chi connectivity index (χ0n) is 11.9. The standard InChI is InChI=1S/C14H15BrClN3O2/c1-18(11-7-17-19(2)14(20)13(11)15)8-9-6-10(16)4-5-12(9)21-3/h4-7H,8H2,1-3H3. The van der Waals surface area contributed by atoms with Crippen molar-refractivity contribution in [2.45, 2.75) is 6.54 Å². The van der Waals surface area contributed by atoms with Crippen molar-refractivity contribution in [1.29, 1.82) is 0 Å². The van der Waals surface area contributed by atoms with E-state index >= 15 is 0 Å². The molecule has 0 bridgehead atoms. The van der Waals surface area contributed by atoms with E-state index in [4.69, 9.17) is 16.3 Å². The van der Waals surface area contributed by atoms with Gasteiger partial charge in [-0.05, 0) is 34.1 Å². The van der Waals surface area contributed by atoms with Crippen LogP contribution < -0.4 is 15.2 Å². The van der Waals surface area contributed by atoms with Crippen LogP contribution in [0.25, 0.3) is 0 Å². The highest BCUT2D eigenvalue weighted by molar-refractivity contribution is 9.10. The SMILES string of the molecule is COc1ccc(Cl)cc1CN(C)c1cnn(C)c(=O)c1Br. The van der Waals surface area contributed by atoms with Crippen molar-refractivity contribution in [3.8, 4) is 5.75 Å². The van der Waals surface area contributed by atoms with E-state index in [1.54, 1.807) is 26.4 Å². The largest absolute Gasteiger partial charge is 0.496 e. The number of hydrogen-bond donors (Lipinski definition) is 0. The van der Waals surface area contributed by atoms with Gasteiger partial charge in [-0.25, -0.2) is 4.68 Å². The lowest BCUT2D eigenvalue weighted by Gasteiger charge is -2.21. The van der Waals surface area contributed by atoms with Gasteiger partial charge in [0.05, 0.1) is 19.0 Å². The molecular formula is C14H15BrClN3O2. The summed E-state index contributed by atoms with van der Waals surface area (Å²) in [5, 5.41) is 4.68. The molecule has 5 nitrogen and oxygen atoms in total. The van der Waals surface area contributed by atoms with Crippen molar-refractivity contribution in [3.05, 3.63) is 49.8 Å². The molecule has 0 radical (unpaired) electrons. The fraction of sp³-hybridized carbons (Fsp3) is 0.286. The first-order valence-electron chi connectivity index (χ1n) is 6.19. The van der Waals surface area contributed by atoms with Crippen LogP contribution in [0.5, 0.6) is 5.75 Å². The van der Waals surface area contributed by atoms with Gasteiger partial charge in [0.2, 0.25) is 0 Å². The van der Waals surface area contributed by atoms with Gasteiger partial charge in [-0.2, -0.15) is 5.10 Å². The Kier molecular flexibility index (Phi) is 4.90. The molecule has 1 aromatic heterocycles. The molecule has 1 heterocycles. The number of aryl methyl sites for hydroxylation is 1. The summed E-state index contributed by atoms with van der Waals surface area (Å²) >= 11 is 9.35. The van der Waals surface area contributed by atoms with Crippen LogP contribution in [0.15, 0.2) is 33.7 Å². The maximum absolute atomic E-state index is 11.9. The predicted octanol–water partition coefficient (Wildman–Crippen LogP) is 2.84. The molecule has 0 aliphatic rings. The zero-order valence-corrected chi connectivity index (χ0v) is 14.3. The van der Waals surface area contributed by atoms with E-state index in [0.717, 1.165) is 11.3 Å². The van der Waals surface area contributed by atoms with Crippen molar-refractivity contribution in [2.75, 3.05) is 19.1 Å². The highest BCUT2D eigenvalue weighted by Gasteiger charge is 2.13. The number of halogens is 2. The van der Waals surface area contributed by atoms with E-state index < -0.39 is 0 Å². The zero-order chi connectivity index (χ0) is 15.6. The quantitative estimate of drug-likeness (QED) is 0.828. The maximum Gasteiger partial charge on any atom is 0.282 e. The average Bonchev–Trinajstić information content (AvgIpc) is 2.45. The Morgan fingerprint density at radius 1 is 1.48 bits per heavy atom. The summed E-state index contributed by atoms with van der Waals surface area (Å²) < 4.78 is 7.09. The fourth-order valence-electron chi connectivity index (χ4n) is 1.98. The van der Waals surface area contributed by atoms with Crippen LogP contribution in [-0.2, 0) is 13.6 Å². The molecule has 7 heteroatoms. The van der Waals surface area contributed by atoms with Gasteiger partial charge < -0.3 is 9.64 Å². The molecule has 112 valence electrons. The molecule has 1 aromatic carbocycles. The molecule has 0 unspecified atom stereocenters. The van der Waals surface area contributed by atoms with Gasteiger partial charge in [0.15, 0.2) is 0 Å². The van der Waals surface area contributed by atoms with Crippen LogP contribution in [0.1, 0.15) is 5.56 Å². The van der Waals surface area contributed by atoms with Crippen molar-refractivity contribution < 1.29 is 4.74 Å². The Hall–Kier alpha value is -1.53. The first-order chi connectivity index (χ1) is 9.93. The second-order valence-corrected chi connectivity index (χ2v) is 5.81. The average molecular weight is 373 g/mol. The van der Waals surface area contributed by atoms with E-state index in [9.17, 15) is 4.79 Å². The number of nitrogens with zero attached hydrogens (tertiary/aromatic N) is 3. The van der Waals surface area contributed by atoms with Gasteiger partial charge in [0, 0.05) is 31.2 Å². The molecule has 0 N–H and O–H groups in total. The lowest BCUT2D eigenvalue weighted by molar-refractivity contribution is 0.409. The van der Waals surface area contributed by atoms with E-state index in [2.05, 4.69) is 21.0 Å². The minimum absolute atomic E-state index is 0.183. The number of hydrogen-bond acceptors (Lipinski definition) is 4. The molecule has 0 amide bonds. The maximum atomic E-state index is 11.9. The Labute approximate surface area is 136 Å². The summed E-state index contributed by atoms with van der Waals surface area (Å²) in [7, 11) is 5.10. The number of methoxy groups -OCH3 is 1. The van der Waals surface area contributed by atoms with Crippen LogP contribution in [0.4, 0.5) is 5.69 Å². The van der Waals surface area contributed by atoms with Crippen molar-refractivity contribution in [2.24, 2.45) is 7.05 Å². The summed E-state index contributed by atoms with van der Waals surface area (Å²) in [4.78, 5) is 13.8. The smallest absolute Gasteiger partial charge is 0.282 e. The van der Waals surface area contributed by atoms with Crippen LogP contribution in [0.2, 0.25) is 5.02 Å². The Morgan fingerprint density at radius 3 is 2.86 bits per heavy atom. The van der Waals surface area contributed by atoms with Crippen molar-refractivity contribution in [1.82, 2.24) is 9.78 Å². The molecule has 21 heavy (non-hydrogen) atoms. The predicted molar refractivity (Wildman–Crippen MR) is 87.3 cm³/mol. The highest BCUT2D eigenvalue weighted by atomic mass is 79.9. The van der Waals surface area contributed by atoms with Crippen molar-refractivity contribution in [3.63, 3.8) is 0 Å². The summed E-state index contributed by atoms with van der Waals surface area (Å²) in [6, 6.07) is 5.45. The first-order valence-corrected chi connectivity index (χ1v) is 7.36. The molecule has 2 rings (SSSR count). The molecule has 0 aliphatic carbocycles. The molecule has 0 saturated carbocycles. The minimum atomic E-state index is -0.183. The lowest BCUT2D eigenvalue weighted by Crippen LogP contribution is -2.25. The number of rotatable bonds is 4. The Bertz CT molecular complexity index is 718. The summed E-state index contributed by atoms with van der Waals surface area (Å²) in [5.74, 6) is 0.749. The van der Waals surface area contributed by atoms with E-state index in [0.29, 0.717) is 21.7 Å². The minimum Gasteiger partial charge on any atom is -0.496 e. The topological polar surface area (TPSA) is 47.4 Å². The summed E-state index contributed by atoms with van der Waals surface area (Å²) in [6.45, 7) is 0.539. The van der Waals surface area contributed by atoms with Gasteiger partial charge in [-0.1, -0.05) is 11.6 Å². The van der Waals surface area contributed by atoms with Gasteiger partial charge in [0.1, 0.15) is 10.2 Å². The molecule has 0 aliphatic heterocycles. The molecular weight excluding hydrogens is 358 g/mol. The van der Waals surface area contributed by atoms with Gasteiger partial charge in [-0.3, -0.25) is 4.79 Å². The second kappa shape index (κ2) is 6.49. The first kappa shape index (κ1) is 15.9. The third kappa shape index (κ3) is 3.39. The van der Waals surface area contributed by atoms with Crippen LogP contribution >= 0.6 is 27.5 Å². The third-order valence-electron chi connectivity index (χ3n) is 3.12. The van der Waals surface area contributed by atoms with Crippen LogP contribution in [-0.4, -0.2) is 23.9 Å². The van der Waals surface area contributed by atoms with Gasteiger partial charge in [0.25, 0.3) is 5.56 Å². The highest BCUT2D eigenvalue weighted by Crippen LogP contribution is 2.27. The fourth-order valence-corrected chi connectivity index (χ4v) is 2.84. The van der Waals surface area contributed by atoms with E-state index in [-0.39, 0.29) is 5.56 Å². The molecule has 0 fully saturated rings. The lowest BCUT2D eigenvalue weighted by atomic mass is 10.2. The molecule has 0 spiro atoms. The van der Waals surface area contributed by atoms with Crippen molar-refractivity contribution >= 4 is 33.2 Å². The summed E-state index contributed by atoms with van der Waals surface area (Å²) in [5.41, 5.74) is 1.46. The van der Waals surface area contributed by atoms with Crippen LogP contribution in [0, 0.1) is 0 Å². The number of aromatic nitrogens is 2. The van der Waals surface area contributed by atoms with Crippen LogP contribution in [0.3, 0.4) is 0 Å². The second-order valence-electron chi connectivity index (χ2n) is 4.58. The Morgan fingerprint density at radius 2 is 2.19 bits per heavy atom. The normalized spacial score (nSPS) is 10.5. The van der Waals surface area contributed by atoms with E-state index in [1.165, 1.54) is 4.68 Å². The molecule has 0 saturated heterocycles. The summed E-state index contributed by atoms with van der Waals surface area (Å²) in [6.07, 6.45) is 1.64. The monoisotopic (exact) mass is 371 g/mol. The number of anilines is 1.